The van der Waals surface area contributed by atoms with Gasteiger partial charge in [0.1, 0.15) is 0 Å². The van der Waals surface area contributed by atoms with Crippen molar-refractivity contribution in [2.45, 2.75) is 84.1 Å². The van der Waals surface area contributed by atoms with E-state index >= 15 is 0 Å². The lowest BCUT2D eigenvalue weighted by atomic mass is 9.91. The second-order valence-electron chi connectivity index (χ2n) is 6.50. The molecule has 0 aromatic carbocycles. The highest BCUT2D eigenvalue weighted by Crippen LogP contribution is 2.35. The van der Waals surface area contributed by atoms with Crippen molar-refractivity contribution >= 4 is 0 Å². The molecular formula is C17H36N2. The quantitative estimate of drug-likeness (QED) is 0.644. The Bertz CT molecular complexity index is 221. The molecule has 0 radical (unpaired) electrons. The van der Waals surface area contributed by atoms with Crippen molar-refractivity contribution in [3.63, 3.8) is 0 Å². The Hall–Kier alpha value is -0.0800. The summed E-state index contributed by atoms with van der Waals surface area (Å²) in [6.07, 6.45) is 12.1. The van der Waals surface area contributed by atoms with E-state index in [1.165, 1.54) is 70.9 Å². The van der Waals surface area contributed by atoms with E-state index in [2.05, 4.69) is 25.7 Å². The zero-order chi connectivity index (χ0) is 14.1. The molecule has 0 saturated heterocycles. The predicted molar refractivity (Wildman–Crippen MR) is 85.4 cm³/mol. The minimum absolute atomic E-state index is 0.343. The minimum Gasteiger partial charge on any atom is -0.329 e. The van der Waals surface area contributed by atoms with Crippen LogP contribution in [0.15, 0.2) is 0 Å². The van der Waals surface area contributed by atoms with Crippen LogP contribution in [0.5, 0.6) is 0 Å². The van der Waals surface area contributed by atoms with Crippen LogP contribution in [0.1, 0.15) is 78.6 Å². The van der Waals surface area contributed by atoms with Crippen molar-refractivity contribution in [2.75, 3.05) is 19.6 Å². The van der Waals surface area contributed by atoms with Gasteiger partial charge in [0.05, 0.1) is 0 Å². The molecule has 1 aliphatic carbocycles. The number of hydrogen-bond acceptors (Lipinski definition) is 2. The summed E-state index contributed by atoms with van der Waals surface area (Å²) in [5, 5.41) is 0. The molecule has 2 heteroatoms. The monoisotopic (exact) mass is 268 g/mol. The van der Waals surface area contributed by atoms with E-state index in [4.69, 9.17) is 5.73 Å². The minimum atomic E-state index is 0.343. The lowest BCUT2D eigenvalue weighted by molar-refractivity contribution is 0.0763. The summed E-state index contributed by atoms with van der Waals surface area (Å²) in [5.41, 5.74) is 6.52. The molecule has 0 aromatic rings. The van der Waals surface area contributed by atoms with Gasteiger partial charge in [-0.25, -0.2) is 0 Å². The third-order valence-electron chi connectivity index (χ3n) is 5.10. The molecule has 1 saturated carbocycles. The zero-order valence-electron chi connectivity index (χ0n) is 13.6. The number of unbranched alkanes of at least 4 members (excludes halogenated alkanes) is 1. The first-order valence-corrected chi connectivity index (χ1v) is 8.67. The molecule has 2 N–H and O–H groups in total. The van der Waals surface area contributed by atoms with E-state index < -0.39 is 0 Å². The molecule has 0 aliphatic heterocycles. The lowest BCUT2D eigenvalue weighted by Crippen LogP contribution is -2.53. The Balaban J connectivity index is 2.64. The predicted octanol–water partition coefficient (Wildman–Crippen LogP) is 4.19. The van der Waals surface area contributed by atoms with Crippen LogP contribution in [0, 0.1) is 5.92 Å². The van der Waals surface area contributed by atoms with Gasteiger partial charge < -0.3 is 5.73 Å². The fraction of sp³-hybridized carbons (Fsp3) is 1.00. The lowest BCUT2D eigenvalue weighted by Gasteiger charge is -2.42. The van der Waals surface area contributed by atoms with Crippen LogP contribution in [0.2, 0.25) is 0 Å². The third kappa shape index (κ3) is 4.75. The van der Waals surface area contributed by atoms with Gasteiger partial charge in [-0.05, 0) is 38.1 Å². The van der Waals surface area contributed by atoms with Crippen molar-refractivity contribution in [2.24, 2.45) is 11.7 Å². The van der Waals surface area contributed by atoms with Gasteiger partial charge >= 0.3 is 0 Å². The number of nitrogens with zero attached hydrogens (tertiary/aromatic N) is 1. The summed E-state index contributed by atoms with van der Waals surface area (Å²) in [5.74, 6) is 0.871. The summed E-state index contributed by atoms with van der Waals surface area (Å²) in [7, 11) is 0. The van der Waals surface area contributed by atoms with Gasteiger partial charge in [0, 0.05) is 18.6 Å². The number of rotatable bonds is 10. The summed E-state index contributed by atoms with van der Waals surface area (Å²) >= 11 is 0. The maximum atomic E-state index is 6.18. The highest BCUT2D eigenvalue weighted by molar-refractivity contribution is 4.96. The van der Waals surface area contributed by atoms with Gasteiger partial charge in [-0.15, -0.1) is 0 Å². The van der Waals surface area contributed by atoms with Gasteiger partial charge in [-0.3, -0.25) is 4.90 Å². The maximum Gasteiger partial charge on any atom is 0.0331 e. The number of hydrogen-bond donors (Lipinski definition) is 1. The molecule has 0 bridgehead atoms. The van der Waals surface area contributed by atoms with Crippen LogP contribution < -0.4 is 5.73 Å². The van der Waals surface area contributed by atoms with E-state index in [9.17, 15) is 0 Å². The average molecular weight is 268 g/mol. The Morgan fingerprint density at radius 3 is 2.26 bits per heavy atom. The maximum absolute atomic E-state index is 6.18. The smallest absolute Gasteiger partial charge is 0.0331 e. The average Bonchev–Trinajstić information content (AvgIpc) is 2.92. The molecule has 1 unspecified atom stereocenters. The van der Waals surface area contributed by atoms with Gasteiger partial charge in [-0.2, -0.15) is 0 Å². The molecule has 0 amide bonds. The fourth-order valence-electron chi connectivity index (χ4n) is 3.70. The van der Waals surface area contributed by atoms with Crippen molar-refractivity contribution in [3.8, 4) is 0 Å². The molecule has 0 aromatic heterocycles. The molecule has 19 heavy (non-hydrogen) atoms. The molecule has 1 aliphatic rings. The van der Waals surface area contributed by atoms with Gasteiger partial charge in [-0.1, -0.05) is 52.9 Å². The fourth-order valence-corrected chi connectivity index (χ4v) is 3.70. The number of nitrogens with two attached hydrogens (primary N) is 1. The van der Waals surface area contributed by atoms with E-state index in [0.29, 0.717) is 5.54 Å². The summed E-state index contributed by atoms with van der Waals surface area (Å²) in [6, 6.07) is 0. The Kier molecular flexibility index (Phi) is 8.01. The highest BCUT2D eigenvalue weighted by atomic mass is 15.2. The van der Waals surface area contributed by atoms with E-state index in [1.807, 2.05) is 0 Å². The van der Waals surface area contributed by atoms with Crippen molar-refractivity contribution in [3.05, 3.63) is 0 Å². The van der Waals surface area contributed by atoms with Gasteiger partial charge in [0.2, 0.25) is 0 Å². The second-order valence-corrected chi connectivity index (χ2v) is 6.50. The molecule has 114 valence electrons. The standard InChI is InChI=1S/C17H36N2/c1-4-7-10-16(6-3)14-19(13-5-2)17(15-18)11-8-9-12-17/h16H,4-15,18H2,1-3H3. The zero-order valence-corrected chi connectivity index (χ0v) is 13.6. The molecule has 1 atom stereocenters. The molecule has 2 nitrogen and oxygen atoms in total. The second kappa shape index (κ2) is 8.97. The molecule has 0 spiro atoms. The first kappa shape index (κ1) is 17.0. The Morgan fingerprint density at radius 2 is 1.79 bits per heavy atom. The summed E-state index contributed by atoms with van der Waals surface area (Å²) in [4.78, 5) is 2.77. The van der Waals surface area contributed by atoms with Crippen molar-refractivity contribution < 1.29 is 0 Å². The van der Waals surface area contributed by atoms with Crippen LogP contribution in [0.4, 0.5) is 0 Å². The first-order chi connectivity index (χ1) is 9.22. The van der Waals surface area contributed by atoms with Crippen LogP contribution in [0.3, 0.4) is 0 Å². The summed E-state index contributed by atoms with van der Waals surface area (Å²) in [6.45, 7) is 10.3. The van der Waals surface area contributed by atoms with E-state index in [1.54, 1.807) is 0 Å². The van der Waals surface area contributed by atoms with Gasteiger partial charge in [0.15, 0.2) is 0 Å². The van der Waals surface area contributed by atoms with Crippen LogP contribution >= 0.6 is 0 Å². The van der Waals surface area contributed by atoms with E-state index in [0.717, 1.165) is 12.5 Å². The normalized spacial score (nSPS) is 20.1. The topological polar surface area (TPSA) is 29.3 Å². The molecular weight excluding hydrogens is 232 g/mol. The Labute approximate surface area is 121 Å². The highest BCUT2D eigenvalue weighted by Gasteiger charge is 2.38. The summed E-state index contributed by atoms with van der Waals surface area (Å²) < 4.78 is 0. The van der Waals surface area contributed by atoms with Crippen molar-refractivity contribution in [1.82, 2.24) is 4.90 Å². The largest absolute Gasteiger partial charge is 0.329 e. The molecule has 0 heterocycles. The molecule has 1 fully saturated rings. The third-order valence-corrected chi connectivity index (χ3v) is 5.10. The molecule has 1 rings (SSSR count). The Morgan fingerprint density at radius 1 is 1.11 bits per heavy atom. The first-order valence-electron chi connectivity index (χ1n) is 8.67. The van der Waals surface area contributed by atoms with Crippen LogP contribution in [-0.2, 0) is 0 Å². The SMILES string of the molecule is CCCCC(CC)CN(CCC)C1(CN)CCCC1. The van der Waals surface area contributed by atoms with E-state index in [-0.39, 0.29) is 0 Å². The van der Waals surface area contributed by atoms with Gasteiger partial charge in [0.25, 0.3) is 0 Å². The van der Waals surface area contributed by atoms with Crippen molar-refractivity contribution in [1.29, 1.82) is 0 Å². The van der Waals surface area contributed by atoms with Crippen LogP contribution in [-0.4, -0.2) is 30.1 Å². The van der Waals surface area contributed by atoms with Crippen LogP contribution in [0.25, 0.3) is 0 Å².